The zero-order valence-electron chi connectivity index (χ0n) is 19.8. The van der Waals surface area contributed by atoms with Crippen molar-refractivity contribution in [1.29, 1.82) is 0 Å². The number of ketones is 1. The van der Waals surface area contributed by atoms with E-state index < -0.39 is 0 Å². The lowest BCUT2D eigenvalue weighted by atomic mass is 9.52. The number of carbonyl (C=O) groups is 1. The van der Waals surface area contributed by atoms with Gasteiger partial charge >= 0.3 is 0 Å². The van der Waals surface area contributed by atoms with E-state index in [0.717, 1.165) is 56.4 Å². The van der Waals surface area contributed by atoms with Crippen molar-refractivity contribution in [2.75, 3.05) is 13.4 Å². The van der Waals surface area contributed by atoms with Gasteiger partial charge < -0.3 is 14.6 Å². The van der Waals surface area contributed by atoms with E-state index in [1.807, 2.05) is 19.1 Å². The second-order valence-electron chi connectivity index (χ2n) is 10.3. The van der Waals surface area contributed by atoms with Crippen molar-refractivity contribution in [3.05, 3.63) is 46.6 Å². The average Bonchev–Trinajstić information content (AvgIpc) is 3.30. The zero-order valence-corrected chi connectivity index (χ0v) is 19.8. The topological polar surface area (TPSA) is 55.8 Å². The number of fused-ring (bicyclic) bond motifs is 3. The van der Waals surface area contributed by atoms with Gasteiger partial charge in [0.05, 0.1) is 0 Å². The van der Waals surface area contributed by atoms with E-state index in [1.165, 1.54) is 22.3 Å². The maximum atomic E-state index is 12.2. The molecule has 1 aromatic rings. The monoisotopic (exact) mass is 446 g/mol. The smallest absolute Gasteiger partial charge is 0.231 e. The van der Waals surface area contributed by atoms with Gasteiger partial charge in [-0.05, 0) is 97.6 Å². The number of hydrogen-bond donors (Lipinski definition) is 1. The molecule has 1 aliphatic heterocycles. The van der Waals surface area contributed by atoms with Gasteiger partial charge in [-0.1, -0.05) is 18.6 Å². The molecule has 4 aliphatic rings. The van der Waals surface area contributed by atoms with Crippen molar-refractivity contribution in [1.82, 2.24) is 0 Å². The van der Waals surface area contributed by atoms with Gasteiger partial charge in [0.1, 0.15) is 0 Å². The molecular formula is C29H34O4. The maximum absolute atomic E-state index is 12.2. The van der Waals surface area contributed by atoms with Crippen molar-refractivity contribution >= 4 is 5.78 Å². The summed E-state index contributed by atoms with van der Waals surface area (Å²) in [6.45, 7) is 4.64. The molecule has 0 radical (unpaired) electrons. The van der Waals surface area contributed by atoms with Gasteiger partial charge in [-0.2, -0.15) is 0 Å². The fourth-order valence-electron chi connectivity index (χ4n) is 6.80. The Bertz CT molecular complexity index is 1070. The first-order valence-electron chi connectivity index (χ1n) is 12.4. The molecular weight excluding hydrogens is 412 g/mol. The molecule has 1 saturated carbocycles. The molecule has 0 aromatic heterocycles. The Morgan fingerprint density at radius 1 is 1.18 bits per heavy atom. The molecule has 0 spiro atoms. The quantitative estimate of drug-likeness (QED) is 0.465. The minimum atomic E-state index is -0.152. The molecule has 4 heteroatoms. The number of allylic oxidation sites excluding steroid dienone is 4. The fourth-order valence-corrected chi connectivity index (χ4v) is 6.80. The van der Waals surface area contributed by atoms with Crippen LogP contribution in [0.3, 0.4) is 0 Å². The number of rotatable bonds is 5. The zero-order chi connectivity index (χ0) is 23.0. The van der Waals surface area contributed by atoms with E-state index in [0.29, 0.717) is 18.3 Å². The molecule has 0 unspecified atom stereocenters. The minimum Gasteiger partial charge on any atom is -0.454 e. The lowest BCUT2D eigenvalue weighted by Crippen LogP contribution is -2.45. The van der Waals surface area contributed by atoms with Crippen LogP contribution in [-0.2, 0) is 4.79 Å². The van der Waals surface area contributed by atoms with Crippen LogP contribution in [0.2, 0.25) is 0 Å². The summed E-state index contributed by atoms with van der Waals surface area (Å²) in [7, 11) is 0. The summed E-state index contributed by atoms with van der Waals surface area (Å²) >= 11 is 0. The maximum Gasteiger partial charge on any atom is 0.231 e. The summed E-state index contributed by atoms with van der Waals surface area (Å²) in [6, 6.07) is 6.33. The van der Waals surface area contributed by atoms with E-state index in [1.54, 1.807) is 0 Å². The number of ether oxygens (including phenoxy) is 2. The molecule has 174 valence electrons. The Hall–Kier alpha value is -2.51. The molecule has 33 heavy (non-hydrogen) atoms. The van der Waals surface area contributed by atoms with Gasteiger partial charge in [-0.25, -0.2) is 0 Å². The third-order valence-corrected chi connectivity index (χ3v) is 8.40. The molecule has 4 nitrogen and oxygen atoms in total. The first-order valence-corrected chi connectivity index (χ1v) is 12.4. The fraction of sp³-hybridized carbons (Fsp3) is 0.552. The standard InChI is InChI=1S/C29H34O4/c1-3-4-5-6-7-25-23-11-8-19-14-21(31)10-12-22(19)28(23)24(16-29(25,2)17-30)20-9-13-26-27(15-20)33-18-32-26/h9,13-15,23-25,30H,5-8,10-12,16-18H2,1-2H3/t23-,24+,25-,29+/m0/s1. The number of hydrogen-bond acceptors (Lipinski definition) is 4. The number of aliphatic hydroxyl groups excluding tert-OH is 1. The molecule has 1 N–H and O–H groups in total. The van der Waals surface area contributed by atoms with Crippen LogP contribution >= 0.6 is 0 Å². The van der Waals surface area contributed by atoms with Crippen LogP contribution in [-0.4, -0.2) is 24.3 Å². The summed E-state index contributed by atoms with van der Waals surface area (Å²) < 4.78 is 11.3. The average molecular weight is 447 g/mol. The van der Waals surface area contributed by atoms with E-state index in [-0.39, 0.29) is 30.5 Å². The molecule has 0 bridgehead atoms. The molecule has 1 aromatic carbocycles. The highest BCUT2D eigenvalue weighted by Gasteiger charge is 2.50. The Labute approximate surface area is 197 Å². The number of unbranched alkanes of at least 4 members (excludes halogenated alkanes) is 1. The van der Waals surface area contributed by atoms with Gasteiger partial charge in [-0.15, -0.1) is 11.8 Å². The predicted molar refractivity (Wildman–Crippen MR) is 128 cm³/mol. The van der Waals surface area contributed by atoms with Crippen molar-refractivity contribution in [2.24, 2.45) is 17.3 Å². The minimum absolute atomic E-state index is 0.152. The highest BCUT2D eigenvalue weighted by Crippen LogP contribution is 2.60. The Kier molecular flexibility index (Phi) is 6.10. The highest BCUT2D eigenvalue weighted by molar-refractivity contribution is 5.93. The SMILES string of the molecule is CC#CCCC[C@H]1[C@@H]2CCC3=CC(=O)CCC3=C2[C@@H](c2ccc3c(c2)OCO3)C[C@]1(C)CO. The van der Waals surface area contributed by atoms with Crippen molar-refractivity contribution in [2.45, 2.75) is 71.1 Å². The molecule has 5 rings (SSSR count). The van der Waals surface area contributed by atoms with Crippen molar-refractivity contribution < 1.29 is 19.4 Å². The second-order valence-corrected chi connectivity index (χ2v) is 10.3. The summed E-state index contributed by atoms with van der Waals surface area (Å²) in [5.41, 5.74) is 5.29. The third kappa shape index (κ3) is 4.02. The first-order chi connectivity index (χ1) is 16.0. The Morgan fingerprint density at radius 3 is 2.85 bits per heavy atom. The van der Waals surface area contributed by atoms with E-state index >= 15 is 0 Å². The van der Waals surface area contributed by atoms with E-state index in [2.05, 4.69) is 30.9 Å². The van der Waals surface area contributed by atoms with E-state index in [4.69, 9.17) is 9.47 Å². The Morgan fingerprint density at radius 2 is 2.03 bits per heavy atom. The van der Waals surface area contributed by atoms with Crippen molar-refractivity contribution in [3.63, 3.8) is 0 Å². The van der Waals surface area contributed by atoms with Crippen molar-refractivity contribution in [3.8, 4) is 23.3 Å². The van der Waals surface area contributed by atoms with Gasteiger partial charge in [-0.3, -0.25) is 4.79 Å². The largest absolute Gasteiger partial charge is 0.454 e. The second kappa shape index (κ2) is 9.03. The first kappa shape index (κ1) is 22.3. The van der Waals surface area contributed by atoms with Crippen LogP contribution < -0.4 is 9.47 Å². The molecule has 1 fully saturated rings. The van der Waals surface area contributed by atoms with Crippen LogP contribution in [0.25, 0.3) is 0 Å². The predicted octanol–water partition coefficient (Wildman–Crippen LogP) is 5.71. The van der Waals surface area contributed by atoms with Crippen LogP contribution in [0.1, 0.15) is 76.7 Å². The number of benzene rings is 1. The summed E-state index contributed by atoms with van der Waals surface area (Å²) in [5.74, 6) is 9.19. The summed E-state index contributed by atoms with van der Waals surface area (Å²) in [6.07, 6.45) is 9.36. The molecule has 4 atom stereocenters. The molecule has 0 saturated heterocycles. The van der Waals surface area contributed by atoms with Gasteiger partial charge in [0, 0.05) is 25.4 Å². The number of carbonyl (C=O) groups excluding carboxylic acids is 1. The molecule has 0 amide bonds. The Balaban J connectivity index is 1.59. The summed E-state index contributed by atoms with van der Waals surface area (Å²) in [4.78, 5) is 12.2. The van der Waals surface area contributed by atoms with Crippen LogP contribution in [0, 0.1) is 29.1 Å². The van der Waals surface area contributed by atoms with Gasteiger partial charge in [0.25, 0.3) is 0 Å². The van der Waals surface area contributed by atoms with E-state index in [9.17, 15) is 9.90 Å². The molecule has 1 heterocycles. The normalized spacial score (nSPS) is 30.2. The highest BCUT2D eigenvalue weighted by atomic mass is 16.7. The van der Waals surface area contributed by atoms with Gasteiger partial charge in [0.15, 0.2) is 17.3 Å². The number of aliphatic hydroxyl groups is 1. The van der Waals surface area contributed by atoms with Crippen LogP contribution in [0.5, 0.6) is 11.5 Å². The summed E-state index contributed by atoms with van der Waals surface area (Å²) in [5, 5.41) is 10.7. The lowest BCUT2D eigenvalue weighted by Gasteiger charge is -2.53. The lowest BCUT2D eigenvalue weighted by molar-refractivity contribution is -0.114. The van der Waals surface area contributed by atoms with Gasteiger partial charge in [0.2, 0.25) is 6.79 Å². The van der Waals surface area contributed by atoms with Crippen LogP contribution in [0.15, 0.2) is 41.0 Å². The third-order valence-electron chi connectivity index (χ3n) is 8.40. The van der Waals surface area contributed by atoms with Crippen LogP contribution in [0.4, 0.5) is 0 Å². The molecule has 3 aliphatic carbocycles.